The second-order valence-electron chi connectivity index (χ2n) is 5.77. The molecule has 0 aliphatic carbocycles. The van der Waals surface area contributed by atoms with Gasteiger partial charge in [-0.15, -0.1) is 15.0 Å². The third kappa shape index (κ3) is 3.52. The predicted molar refractivity (Wildman–Crippen MR) is 87.4 cm³/mol. The first-order valence-corrected chi connectivity index (χ1v) is 8.42. The SMILES string of the molecule is CCCC(=O)N1CCCCC1c1nnn(-c2cccc(Cl)c2)n1. The van der Waals surface area contributed by atoms with Crippen molar-refractivity contribution in [2.24, 2.45) is 0 Å². The summed E-state index contributed by atoms with van der Waals surface area (Å²) in [4.78, 5) is 15.7. The van der Waals surface area contributed by atoms with Gasteiger partial charge < -0.3 is 4.90 Å². The number of hydrogen-bond donors (Lipinski definition) is 0. The lowest BCUT2D eigenvalue weighted by Crippen LogP contribution is -2.38. The van der Waals surface area contributed by atoms with E-state index in [1.165, 1.54) is 4.80 Å². The van der Waals surface area contributed by atoms with Crippen molar-refractivity contribution in [2.75, 3.05) is 6.54 Å². The highest BCUT2D eigenvalue weighted by atomic mass is 35.5. The Morgan fingerprint density at radius 3 is 3.04 bits per heavy atom. The summed E-state index contributed by atoms with van der Waals surface area (Å²) in [6, 6.07) is 7.23. The van der Waals surface area contributed by atoms with E-state index < -0.39 is 0 Å². The number of benzene rings is 1. The maximum atomic E-state index is 12.3. The lowest BCUT2D eigenvalue weighted by molar-refractivity contribution is -0.135. The van der Waals surface area contributed by atoms with Crippen LogP contribution in [0.2, 0.25) is 5.02 Å². The van der Waals surface area contributed by atoms with Crippen molar-refractivity contribution >= 4 is 17.5 Å². The molecule has 1 aromatic heterocycles. The maximum Gasteiger partial charge on any atom is 0.223 e. The molecule has 1 saturated heterocycles. The fourth-order valence-electron chi connectivity index (χ4n) is 2.92. The molecule has 1 fully saturated rings. The van der Waals surface area contributed by atoms with Gasteiger partial charge in [0.1, 0.15) is 0 Å². The number of carbonyl (C=O) groups excluding carboxylic acids is 1. The van der Waals surface area contributed by atoms with Crippen LogP contribution in [-0.4, -0.2) is 37.6 Å². The molecule has 0 spiro atoms. The number of aromatic nitrogens is 4. The average molecular weight is 334 g/mol. The molecule has 0 radical (unpaired) electrons. The summed E-state index contributed by atoms with van der Waals surface area (Å²) in [6.45, 7) is 2.79. The van der Waals surface area contributed by atoms with Crippen LogP contribution >= 0.6 is 11.6 Å². The number of halogens is 1. The fraction of sp³-hybridized carbons (Fsp3) is 0.500. The van der Waals surface area contributed by atoms with Crippen molar-refractivity contribution in [1.82, 2.24) is 25.1 Å². The molecule has 1 aromatic carbocycles. The van der Waals surface area contributed by atoms with Gasteiger partial charge in [0.05, 0.1) is 11.7 Å². The van der Waals surface area contributed by atoms with E-state index in [4.69, 9.17) is 11.6 Å². The minimum absolute atomic E-state index is 0.0734. The Balaban J connectivity index is 1.84. The lowest BCUT2D eigenvalue weighted by Gasteiger charge is -2.33. The molecule has 1 aliphatic rings. The molecular weight excluding hydrogens is 314 g/mol. The quantitative estimate of drug-likeness (QED) is 0.862. The Hall–Kier alpha value is -1.95. The van der Waals surface area contributed by atoms with E-state index >= 15 is 0 Å². The van der Waals surface area contributed by atoms with Crippen LogP contribution in [0.1, 0.15) is 50.9 Å². The van der Waals surface area contributed by atoms with Gasteiger partial charge in [-0.2, -0.15) is 0 Å². The van der Waals surface area contributed by atoms with Gasteiger partial charge >= 0.3 is 0 Å². The van der Waals surface area contributed by atoms with E-state index in [1.807, 2.05) is 24.0 Å². The molecule has 2 heterocycles. The van der Waals surface area contributed by atoms with Gasteiger partial charge in [-0.1, -0.05) is 24.6 Å². The first kappa shape index (κ1) is 15.9. The highest BCUT2D eigenvalue weighted by molar-refractivity contribution is 6.30. The third-order valence-electron chi connectivity index (χ3n) is 4.05. The first-order chi connectivity index (χ1) is 11.2. The van der Waals surface area contributed by atoms with Gasteiger partial charge in [-0.25, -0.2) is 0 Å². The molecule has 122 valence electrons. The predicted octanol–water partition coefficient (Wildman–Crippen LogP) is 3.17. The van der Waals surface area contributed by atoms with Crippen LogP contribution in [0, 0.1) is 0 Å². The maximum absolute atomic E-state index is 12.3. The largest absolute Gasteiger partial charge is 0.332 e. The zero-order chi connectivity index (χ0) is 16.2. The van der Waals surface area contributed by atoms with E-state index in [0.717, 1.165) is 37.9 Å². The van der Waals surface area contributed by atoms with Gasteiger partial charge in [0.25, 0.3) is 0 Å². The monoisotopic (exact) mass is 333 g/mol. The number of nitrogens with zero attached hydrogens (tertiary/aromatic N) is 5. The van der Waals surface area contributed by atoms with Crippen molar-refractivity contribution in [3.8, 4) is 5.69 Å². The van der Waals surface area contributed by atoms with Crippen LogP contribution in [0.3, 0.4) is 0 Å². The summed E-state index contributed by atoms with van der Waals surface area (Å²) in [7, 11) is 0. The molecule has 2 aromatic rings. The normalized spacial score (nSPS) is 18.2. The number of piperidine rings is 1. The van der Waals surface area contributed by atoms with Crippen LogP contribution in [0.5, 0.6) is 0 Å². The zero-order valence-corrected chi connectivity index (χ0v) is 13.9. The van der Waals surface area contributed by atoms with Gasteiger partial charge in [0.15, 0.2) is 5.82 Å². The number of rotatable bonds is 4. The van der Waals surface area contributed by atoms with Crippen molar-refractivity contribution in [3.05, 3.63) is 35.1 Å². The average Bonchev–Trinajstić information content (AvgIpc) is 3.05. The van der Waals surface area contributed by atoms with Crippen LogP contribution in [0.15, 0.2) is 24.3 Å². The van der Waals surface area contributed by atoms with Crippen molar-refractivity contribution in [1.29, 1.82) is 0 Å². The highest BCUT2D eigenvalue weighted by Crippen LogP contribution is 2.29. The summed E-state index contributed by atoms with van der Waals surface area (Å²) >= 11 is 6.01. The van der Waals surface area contributed by atoms with E-state index in [0.29, 0.717) is 17.3 Å². The smallest absolute Gasteiger partial charge is 0.223 e. The molecule has 1 atom stereocenters. The minimum atomic E-state index is -0.0734. The zero-order valence-electron chi connectivity index (χ0n) is 13.2. The van der Waals surface area contributed by atoms with Gasteiger partial charge in [0.2, 0.25) is 5.91 Å². The Morgan fingerprint density at radius 2 is 2.26 bits per heavy atom. The second-order valence-corrected chi connectivity index (χ2v) is 6.20. The Kier molecular flexibility index (Phi) is 4.91. The Bertz CT molecular complexity index is 687. The number of hydrogen-bond acceptors (Lipinski definition) is 4. The summed E-state index contributed by atoms with van der Waals surface area (Å²) < 4.78 is 0. The minimum Gasteiger partial charge on any atom is -0.332 e. The molecule has 1 unspecified atom stereocenters. The molecule has 0 N–H and O–H groups in total. The molecule has 1 aliphatic heterocycles. The van der Waals surface area contributed by atoms with Crippen molar-refractivity contribution in [2.45, 2.75) is 45.1 Å². The number of tetrazole rings is 1. The molecule has 6 nitrogen and oxygen atoms in total. The highest BCUT2D eigenvalue weighted by Gasteiger charge is 2.30. The lowest BCUT2D eigenvalue weighted by atomic mass is 10.0. The van der Waals surface area contributed by atoms with Crippen molar-refractivity contribution in [3.63, 3.8) is 0 Å². The van der Waals surface area contributed by atoms with E-state index in [1.54, 1.807) is 12.1 Å². The van der Waals surface area contributed by atoms with Crippen LogP contribution in [0.25, 0.3) is 5.69 Å². The number of carbonyl (C=O) groups is 1. The van der Waals surface area contributed by atoms with Crippen LogP contribution < -0.4 is 0 Å². The standard InChI is InChI=1S/C16H20ClN5O/c1-2-6-15(23)21-10-4-3-9-14(21)16-18-20-22(19-16)13-8-5-7-12(17)11-13/h5,7-8,11,14H,2-4,6,9-10H2,1H3. The summed E-state index contributed by atoms with van der Waals surface area (Å²) in [5, 5.41) is 13.4. The van der Waals surface area contributed by atoms with Crippen LogP contribution in [0.4, 0.5) is 0 Å². The van der Waals surface area contributed by atoms with E-state index in [9.17, 15) is 4.79 Å². The van der Waals surface area contributed by atoms with E-state index in [-0.39, 0.29) is 11.9 Å². The Labute approximate surface area is 140 Å². The number of likely N-dealkylation sites (tertiary alicyclic amines) is 1. The third-order valence-corrected chi connectivity index (χ3v) is 4.29. The molecular formula is C16H20ClN5O. The molecule has 7 heteroatoms. The molecule has 3 rings (SSSR count). The van der Waals surface area contributed by atoms with E-state index in [2.05, 4.69) is 15.4 Å². The van der Waals surface area contributed by atoms with Gasteiger partial charge in [-0.3, -0.25) is 4.79 Å². The summed E-state index contributed by atoms with van der Waals surface area (Å²) in [5.41, 5.74) is 0.762. The Morgan fingerprint density at radius 1 is 1.39 bits per heavy atom. The molecule has 1 amide bonds. The van der Waals surface area contributed by atoms with Gasteiger partial charge in [-0.05, 0) is 49.1 Å². The summed E-state index contributed by atoms with van der Waals surface area (Å²) in [5.74, 6) is 0.783. The van der Waals surface area contributed by atoms with Gasteiger partial charge in [0, 0.05) is 18.0 Å². The van der Waals surface area contributed by atoms with Crippen molar-refractivity contribution < 1.29 is 4.79 Å². The second kappa shape index (κ2) is 7.08. The first-order valence-electron chi connectivity index (χ1n) is 8.04. The fourth-order valence-corrected chi connectivity index (χ4v) is 3.11. The summed E-state index contributed by atoms with van der Waals surface area (Å²) in [6.07, 6.45) is 4.42. The molecule has 23 heavy (non-hydrogen) atoms. The molecule has 0 bridgehead atoms. The topological polar surface area (TPSA) is 63.9 Å². The number of amides is 1. The molecule has 0 saturated carbocycles. The van der Waals surface area contributed by atoms with Crippen LogP contribution in [-0.2, 0) is 4.79 Å².